The van der Waals surface area contributed by atoms with Crippen molar-refractivity contribution >= 4 is 0 Å². The van der Waals surface area contributed by atoms with Crippen LogP contribution in [0.3, 0.4) is 0 Å². The largest absolute Gasteiger partial charge is 0.496 e. The fourth-order valence-corrected chi connectivity index (χ4v) is 1.64. The molecule has 90 valence electrons. The lowest BCUT2D eigenvalue weighted by Gasteiger charge is -2.21. The Hall–Kier alpha value is -1.06. The highest BCUT2D eigenvalue weighted by molar-refractivity contribution is 5.38. The molecule has 0 aromatic heterocycles. The molecule has 3 nitrogen and oxygen atoms in total. The molecule has 0 saturated carbocycles. The Morgan fingerprint density at radius 1 is 1.44 bits per heavy atom. The minimum atomic E-state index is -0.500. The smallest absolute Gasteiger partial charge is 0.124 e. The van der Waals surface area contributed by atoms with E-state index in [1.165, 1.54) is 0 Å². The van der Waals surface area contributed by atoms with Gasteiger partial charge >= 0.3 is 0 Å². The van der Waals surface area contributed by atoms with Crippen LogP contribution in [0.4, 0.5) is 0 Å². The first-order valence-electron chi connectivity index (χ1n) is 5.59. The maximum atomic E-state index is 10.1. The van der Waals surface area contributed by atoms with Crippen molar-refractivity contribution in [2.75, 3.05) is 27.2 Å². The highest BCUT2D eigenvalue weighted by Gasteiger charge is 2.14. The monoisotopic (exact) mass is 223 g/mol. The minimum absolute atomic E-state index is 0.500. The maximum Gasteiger partial charge on any atom is 0.124 e. The third-order valence-electron chi connectivity index (χ3n) is 2.77. The summed E-state index contributed by atoms with van der Waals surface area (Å²) in [6.45, 7) is 5.63. The van der Waals surface area contributed by atoms with E-state index < -0.39 is 6.10 Å². The molecular weight excluding hydrogens is 202 g/mol. The van der Waals surface area contributed by atoms with E-state index in [1.807, 2.05) is 32.2 Å². The van der Waals surface area contributed by atoms with Crippen molar-refractivity contribution in [2.45, 2.75) is 20.0 Å². The maximum absolute atomic E-state index is 10.1. The molecule has 1 N–H and O–H groups in total. The van der Waals surface area contributed by atoms with E-state index in [2.05, 4.69) is 11.8 Å². The van der Waals surface area contributed by atoms with Crippen LogP contribution in [0.1, 0.15) is 24.2 Å². The molecule has 0 heterocycles. The SMILES string of the molecule is CCN(C)CC(O)c1cc(C)ccc1OC. The number of nitrogens with zero attached hydrogens (tertiary/aromatic N) is 1. The molecule has 1 unspecified atom stereocenters. The molecule has 0 aliphatic rings. The van der Waals surface area contributed by atoms with Gasteiger partial charge in [0.05, 0.1) is 13.2 Å². The molecule has 1 aromatic rings. The van der Waals surface area contributed by atoms with Crippen LogP contribution in [-0.2, 0) is 0 Å². The Morgan fingerprint density at radius 2 is 2.12 bits per heavy atom. The van der Waals surface area contributed by atoms with E-state index in [-0.39, 0.29) is 0 Å². The second-order valence-corrected chi connectivity index (χ2v) is 4.12. The first kappa shape index (κ1) is 13.0. The van der Waals surface area contributed by atoms with E-state index in [0.29, 0.717) is 6.54 Å². The topological polar surface area (TPSA) is 32.7 Å². The molecule has 0 radical (unpaired) electrons. The van der Waals surface area contributed by atoms with Gasteiger partial charge in [0.15, 0.2) is 0 Å². The highest BCUT2D eigenvalue weighted by Crippen LogP contribution is 2.26. The number of hydrogen-bond donors (Lipinski definition) is 1. The Bertz CT molecular complexity index is 339. The molecule has 0 aliphatic carbocycles. The molecule has 0 saturated heterocycles. The van der Waals surface area contributed by atoms with Gasteiger partial charge in [0.2, 0.25) is 0 Å². The second kappa shape index (κ2) is 5.87. The van der Waals surface area contributed by atoms with Crippen molar-refractivity contribution in [3.63, 3.8) is 0 Å². The molecule has 0 spiro atoms. The molecule has 0 fully saturated rings. The second-order valence-electron chi connectivity index (χ2n) is 4.12. The van der Waals surface area contributed by atoms with E-state index >= 15 is 0 Å². The number of aliphatic hydroxyl groups excluding tert-OH is 1. The normalized spacial score (nSPS) is 12.9. The Labute approximate surface area is 97.7 Å². The number of aliphatic hydroxyl groups is 1. The number of methoxy groups -OCH3 is 1. The Kier molecular flexibility index (Phi) is 4.77. The van der Waals surface area contributed by atoms with Crippen LogP contribution in [0.15, 0.2) is 18.2 Å². The van der Waals surface area contributed by atoms with E-state index in [9.17, 15) is 5.11 Å². The van der Waals surface area contributed by atoms with Crippen molar-refractivity contribution < 1.29 is 9.84 Å². The van der Waals surface area contributed by atoms with Crippen LogP contribution < -0.4 is 4.74 Å². The van der Waals surface area contributed by atoms with Crippen LogP contribution in [-0.4, -0.2) is 37.3 Å². The quantitative estimate of drug-likeness (QED) is 0.828. The predicted octanol–water partition coefficient (Wildman–Crippen LogP) is 1.99. The summed E-state index contributed by atoms with van der Waals surface area (Å²) in [6, 6.07) is 5.87. The summed E-state index contributed by atoms with van der Waals surface area (Å²) in [4.78, 5) is 2.08. The first-order valence-corrected chi connectivity index (χ1v) is 5.59. The van der Waals surface area contributed by atoms with Crippen molar-refractivity contribution in [1.82, 2.24) is 4.90 Å². The van der Waals surface area contributed by atoms with Gasteiger partial charge in [-0.3, -0.25) is 0 Å². The lowest BCUT2D eigenvalue weighted by atomic mass is 10.0. The number of likely N-dealkylation sites (N-methyl/N-ethyl adjacent to an activating group) is 1. The molecule has 0 amide bonds. The van der Waals surface area contributed by atoms with Gasteiger partial charge in [-0.2, -0.15) is 0 Å². The van der Waals surface area contributed by atoms with Gasteiger partial charge in [0.25, 0.3) is 0 Å². The number of hydrogen-bond acceptors (Lipinski definition) is 3. The van der Waals surface area contributed by atoms with E-state index in [1.54, 1.807) is 7.11 Å². The summed E-state index contributed by atoms with van der Waals surface area (Å²) in [7, 11) is 3.62. The third-order valence-corrected chi connectivity index (χ3v) is 2.77. The average molecular weight is 223 g/mol. The summed E-state index contributed by atoms with van der Waals surface area (Å²) in [5, 5.41) is 10.1. The zero-order valence-corrected chi connectivity index (χ0v) is 10.5. The average Bonchev–Trinajstić information content (AvgIpc) is 2.28. The lowest BCUT2D eigenvalue weighted by Crippen LogP contribution is -2.24. The van der Waals surface area contributed by atoms with Crippen molar-refractivity contribution in [3.05, 3.63) is 29.3 Å². The van der Waals surface area contributed by atoms with Gasteiger partial charge in [-0.1, -0.05) is 18.6 Å². The molecule has 1 rings (SSSR count). The standard InChI is InChI=1S/C13H21NO2/c1-5-14(3)9-12(15)11-8-10(2)6-7-13(11)16-4/h6-8,12,15H,5,9H2,1-4H3. The van der Waals surface area contributed by atoms with E-state index in [4.69, 9.17) is 4.74 Å². The van der Waals surface area contributed by atoms with Gasteiger partial charge < -0.3 is 14.7 Å². The van der Waals surface area contributed by atoms with Crippen molar-refractivity contribution in [2.24, 2.45) is 0 Å². The first-order chi connectivity index (χ1) is 7.58. The Balaban J connectivity index is 2.88. The minimum Gasteiger partial charge on any atom is -0.496 e. The number of aryl methyl sites for hydroxylation is 1. The van der Waals surface area contributed by atoms with Crippen LogP contribution in [0.5, 0.6) is 5.75 Å². The zero-order chi connectivity index (χ0) is 12.1. The summed E-state index contributed by atoms with van der Waals surface area (Å²) in [6.07, 6.45) is -0.500. The molecule has 1 aromatic carbocycles. The fraction of sp³-hybridized carbons (Fsp3) is 0.538. The van der Waals surface area contributed by atoms with Crippen molar-refractivity contribution in [3.8, 4) is 5.75 Å². The summed E-state index contributed by atoms with van der Waals surface area (Å²) >= 11 is 0. The van der Waals surface area contributed by atoms with Crippen LogP contribution >= 0.6 is 0 Å². The highest BCUT2D eigenvalue weighted by atomic mass is 16.5. The molecular formula is C13H21NO2. The zero-order valence-electron chi connectivity index (χ0n) is 10.5. The number of ether oxygens (including phenoxy) is 1. The van der Waals surface area contributed by atoms with Gasteiger partial charge in [0.1, 0.15) is 5.75 Å². The van der Waals surface area contributed by atoms with Gasteiger partial charge in [-0.05, 0) is 32.6 Å². The molecule has 3 heteroatoms. The predicted molar refractivity (Wildman–Crippen MR) is 65.9 cm³/mol. The van der Waals surface area contributed by atoms with Crippen molar-refractivity contribution in [1.29, 1.82) is 0 Å². The summed E-state index contributed by atoms with van der Waals surface area (Å²) in [5.41, 5.74) is 2.00. The van der Waals surface area contributed by atoms with Gasteiger partial charge in [-0.15, -0.1) is 0 Å². The van der Waals surface area contributed by atoms with Crippen LogP contribution in [0.25, 0.3) is 0 Å². The number of benzene rings is 1. The van der Waals surface area contributed by atoms with E-state index in [0.717, 1.165) is 23.4 Å². The molecule has 1 atom stereocenters. The summed E-state index contributed by atoms with van der Waals surface area (Å²) < 4.78 is 5.26. The van der Waals surface area contributed by atoms with Crippen LogP contribution in [0, 0.1) is 6.92 Å². The molecule has 16 heavy (non-hydrogen) atoms. The number of rotatable bonds is 5. The molecule has 0 bridgehead atoms. The Morgan fingerprint density at radius 3 is 2.69 bits per heavy atom. The van der Waals surface area contributed by atoms with Gasteiger partial charge in [0, 0.05) is 12.1 Å². The summed E-state index contributed by atoms with van der Waals surface area (Å²) in [5.74, 6) is 0.752. The molecule has 0 aliphatic heterocycles. The lowest BCUT2D eigenvalue weighted by molar-refractivity contribution is 0.126. The fourth-order valence-electron chi connectivity index (χ4n) is 1.64. The van der Waals surface area contributed by atoms with Crippen LogP contribution in [0.2, 0.25) is 0 Å². The van der Waals surface area contributed by atoms with Gasteiger partial charge in [-0.25, -0.2) is 0 Å². The third kappa shape index (κ3) is 3.22.